The number of aldehydes is 1. The van der Waals surface area contributed by atoms with Gasteiger partial charge in [-0.25, -0.2) is 4.98 Å². The molecule has 2 aromatic carbocycles. The first-order valence-electron chi connectivity index (χ1n) is 14.4. The highest BCUT2D eigenvalue weighted by atomic mass is 32.1. The fourth-order valence-electron chi connectivity index (χ4n) is 5.68. The van der Waals surface area contributed by atoms with Crippen LogP contribution in [0.4, 0.5) is 5.69 Å². The molecule has 1 aromatic heterocycles. The highest BCUT2D eigenvalue weighted by molar-refractivity contribution is 7.13. The van der Waals surface area contributed by atoms with Gasteiger partial charge in [-0.15, -0.1) is 11.3 Å². The summed E-state index contributed by atoms with van der Waals surface area (Å²) in [4.78, 5) is 29.8. The Hall–Kier alpha value is -3.72. The van der Waals surface area contributed by atoms with Crippen molar-refractivity contribution in [3.8, 4) is 11.5 Å². The summed E-state index contributed by atoms with van der Waals surface area (Å²) in [7, 11) is 1.66. The summed E-state index contributed by atoms with van der Waals surface area (Å²) in [6.45, 7) is 6.35. The Bertz CT molecular complexity index is 1410. The molecule has 3 aromatic rings. The number of benzene rings is 2. The number of rotatable bonds is 10. The third-order valence-electron chi connectivity index (χ3n) is 7.90. The van der Waals surface area contributed by atoms with Crippen LogP contribution in [0.1, 0.15) is 76.9 Å². The van der Waals surface area contributed by atoms with Gasteiger partial charge in [-0.2, -0.15) is 5.10 Å². The second kappa shape index (κ2) is 12.9. The largest absolute Gasteiger partial charge is 0.493 e. The molecule has 0 radical (unpaired) electrons. The molecule has 0 spiro atoms. The Kier molecular flexibility index (Phi) is 9.03. The number of hydrogen-bond acceptors (Lipinski definition) is 8. The Morgan fingerprint density at radius 3 is 2.51 bits per heavy atom. The zero-order chi connectivity index (χ0) is 28.9. The first-order valence-corrected chi connectivity index (χ1v) is 15.2. The van der Waals surface area contributed by atoms with E-state index in [-0.39, 0.29) is 24.0 Å². The lowest BCUT2D eigenvalue weighted by Gasteiger charge is -2.35. The molecule has 1 saturated carbocycles. The lowest BCUT2D eigenvalue weighted by molar-refractivity contribution is -0.113. The molecule has 0 saturated heterocycles. The maximum atomic E-state index is 12.7. The molecular weight excluding hydrogens is 536 g/mol. The van der Waals surface area contributed by atoms with Crippen molar-refractivity contribution in [3.05, 3.63) is 69.2 Å². The summed E-state index contributed by atoms with van der Waals surface area (Å²) in [5.41, 5.74) is 4.39. The Morgan fingerprint density at radius 1 is 1.12 bits per heavy atom. The van der Waals surface area contributed by atoms with Gasteiger partial charge < -0.3 is 19.6 Å². The van der Waals surface area contributed by atoms with E-state index in [1.54, 1.807) is 7.11 Å². The third-order valence-corrected chi connectivity index (χ3v) is 8.97. The monoisotopic (exact) mass is 574 g/mol. The molecule has 8 nitrogen and oxygen atoms in total. The van der Waals surface area contributed by atoms with Crippen LogP contribution >= 0.6 is 11.3 Å². The highest BCUT2D eigenvalue weighted by Crippen LogP contribution is 2.35. The van der Waals surface area contributed by atoms with Gasteiger partial charge >= 0.3 is 0 Å². The van der Waals surface area contributed by atoms with Crippen LogP contribution in [0.25, 0.3) is 0 Å². The van der Waals surface area contributed by atoms with Crippen molar-refractivity contribution in [1.82, 2.24) is 9.99 Å². The van der Waals surface area contributed by atoms with E-state index >= 15 is 0 Å². The van der Waals surface area contributed by atoms with Crippen LogP contribution in [0.15, 0.2) is 47.6 Å². The minimum atomic E-state index is -0.312. The van der Waals surface area contributed by atoms with Crippen LogP contribution in [-0.4, -0.2) is 47.2 Å². The number of nitrogens with zero attached hydrogens (tertiary/aromatic N) is 3. The van der Waals surface area contributed by atoms with Crippen LogP contribution in [0.2, 0.25) is 0 Å². The Labute approximate surface area is 245 Å². The molecule has 1 N–H and O–H groups in total. The van der Waals surface area contributed by atoms with E-state index < -0.39 is 0 Å². The number of carbonyl (C=O) groups is 2. The number of ether oxygens (including phenoxy) is 2. The van der Waals surface area contributed by atoms with Crippen molar-refractivity contribution in [1.29, 1.82) is 0 Å². The summed E-state index contributed by atoms with van der Waals surface area (Å²) < 4.78 is 12.0. The molecule has 2 unspecified atom stereocenters. The van der Waals surface area contributed by atoms with Gasteiger partial charge in [0.1, 0.15) is 17.2 Å². The van der Waals surface area contributed by atoms with Crippen LogP contribution in [-0.2, 0) is 11.3 Å². The smallest absolute Gasteiger partial charge is 0.267 e. The van der Waals surface area contributed by atoms with Gasteiger partial charge in [0.15, 0.2) is 11.5 Å². The van der Waals surface area contributed by atoms with E-state index in [1.165, 1.54) is 24.2 Å². The second-order valence-corrected chi connectivity index (χ2v) is 12.0. The minimum absolute atomic E-state index is 0.158. The zero-order valence-electron chi connectivity index (χ0n) is 24.2. The van der Waals surface area contributed by atoms with E-state index in [1.807, 2.05) is 61.3 Å². The fourth-order valence-corrected chi connectivity index (χ4v) is 6.49. The van der Waals surface area contributed by atoms with Crippen molar-refractivity contribution in [2.45, 2.75) is 78.0 Å². The minimum Gasteiger partial charge on any atom is -0.493 e. The molecule has 2 aliphatic rings. The normalized spacial score (nSPS) is 19.1. The summed E-state index contributed by atoms with van der Waals surface area (Å²) in [6, 6.07) is 13.4. The van der Waals surface area contributed by atoms with Gasteiger partial charge in [0.25, 0.3) is 5.91 Å². The van der Waals surface area contributed by atoms with Gasteiger partial charge in [-0.05, 0) is 88.3 Å². The summed E-state index contributed by atoms with van der Waals surface area (Å²) >= 11 is 1.39. The number of carbonyl (C=O) groups excluding carboxylic acids is 2. The molecule has 41 heavy (non-hydrogen) atoms. The summed E-state index contributed by atoms with van der Waals surface area (Å²) in [6.07, 6.45) is 7.31. The lowest BCUT2D eigenvalue weighted by Crippen LogP contribution is -2.41. The first kappa shape index (κ1) is 28.8. The topological polar surface area (TPSA) is 93.1 Å². The standard InChI is InChI=1S/C32H38N4O4S/c1-5-23-16-26(19-37)36(18-22-10-13-25(14-11-22)34-32(38)31-20(2)33-21(3)41-31)35-30(23)24-12-15-28(39-4)29(17-24)40-27-8-6-7-9-27/h10-15,17,19,23,26-27H,5-9,16,18H2,1-4H3,(H,34,38). The number of thiazole rings is 1. The Morgan fingerprint density at radius 2 is 1.88 bits per heavy atom. The number of nitrogens with one attached hydrogen (secondary N) is 1. The van der Waals surface area contributed by atoms with E-state index in [2.05, 4.69) is 17.2 Å². The highest BCUT2D eigenvalue weighted by Gasteiger charge is 2.31. The molecule has 0 bridgehead atoms. The number of methoxy groups -OCH3 is 1. The molecule has 1 aliphatic heterocycles. The predicted molar refractivity (Wildman–Crippen MR) is 162 cm³/mol. The average molecular weight is 575 g/mol. The van der Waals surface area contributed by atoms with Crippen molar-refractivity contribution < 1.29 is 19.1 Å². The van der Waals surface area contributed by atoms with E-state index in [0.29, 0.717) is 23.5 Å². The van der Waals surface area contributed by atoms with Crippen LogP contribution in [0, 0.1) is 19.8 Å². The van der Waals surface area contributed by atoms with Gasteiger partial charge in [-0.1, -0.05) is 19.1 Å². The molecule has 5 rings (SSSR count). The van der Waals surface area contributed by atoms with E-state index in [4.69, 9.17) is 14.6 Å². The quantitative estimate of drug-likeness (QED) is 0.276. The van der Waals surface area contributed by atoms with Crippen molar-refractivity contribution in [3.63, 3.8) is 0 Å². The number of amides is 1. The van der Waals surface area contributed by atoms with Crippen LogP contribution in [0.5, 0.6) is 11.5 Å². The average Bonchev–Trinajstić information content (AvgIpc) is 3.62. The molecule has 9 heteroatoms. The molecular formula is C32H38N4O4S. The maximum absolute atomic E-state index is 12.7. The number of aromatic nitrogens is 1. The molecule has 2 heterocycles. The second-order valence-electron chi connectivity index (χ2n) is 10.8. The Balaban J connectivity index is 1.35. The van der Waals surface area contributed by atoms with Crippen molar-refractivity contribution >= 4 is 34.9 Å². The van der Waals surface area contributed by atoms with Crippen LogP contribution < -0.4 is 14.8 Å². The van der Waals surface area contributed by atoms with Gasteiger partial charge in [0.05, 0.1) is 36.2 Å². The predicted octanol–water partition coefficient (Wildman–Crippen LogP) is 6.55. The molecule has 216 valence electrons. The van der Waals surface area contributed by atoms with Gasteiger partial charge in [-0.3, -0.25) is 9.80 Å². The first-order chi connectivity index (χ1) is 19.9. The SMILES string of the molecule is CCC1CC(C=O)N(Cc2ccc(NC(=O)c3sc(C)nc3C)cc2)N=C1c1ccc(OC)c(OC2CCCC2)c1. The summed E-state index contributed by atoms with van der Waals surface area (Å²) in [5, 5.41) is 10.8. The van der Waals surface area contributed by atoms with E-state index in [9.17, 15) is 9.59 Å². The van der Waals surface area contributed by atoms with Gasteiger partial charge in [0, 0.05) is 17.2 Å². The molecule has 1 amide bonds. The number of aryl methyl sites for hydroxylation is 2. The maximum Gasteiger partial charge on any atom is 0.267 e. The zero-order valence-corrected chi connectivity index (χ0v) is 25.0. The van der Waals surface area contributed by atoms with Crippen LogP contribution in [0.3, 0.4) is 0 Å². The fraction of sp³-hybridized carbons (Fsp3) is 0.438. The van der Waals surface area contributed by atoms with Crippen molar-refractivity contribution in [2.24, 2.45) is 11.0 Å². The number of hydrazone groups is 1. The number of hydrogen-bond donors (Lipinski definition) is 1. The van der Waals surface area contributed by atoms with Crippen molar-refractivity contribution in [2.75, 3.05) is 12.4 Å². The van der Waals surface area contributed by atoms with Gasteiger partial charge in [0.2, 0.25) is 0 Å². The molecule has 1 aliphatic carbocycles. The lowest BCUT2D eigenvalue weighted by atomic mass is 9.87. The molecule has 2 atom stereocenters. The number of anilines is 1. The van der Waals surface area contributed by atoms with E-state index in [0.717, 1.165) is 64.6 Å². The third kappa shape index (κ3) is 6.62. The molecule has 1 fully saturated rings. The summed E-state index contributed by atoms with van der Waals surface area (Å²) in [5.74, 6) is 1.47.